The molecule has 1 saturated heterocycles. The molecule has 0 aliphatic carbocycles. The third-order valence-electron chi connectivity index (χ3n) is 3.48. The second-order valence-electron chi connectivity index (χ2n) is 6.09. The molecule has 1 aromatic carbocycles. The number of ether oxygens (including phenoxy) is 2. The fraction of sp³-hybridized carbons (Fsp3) is 0.562. The van der Waals surface area contributed by atoms with Crippen molar-refractivity contribution in [2.45, 2.75) is 45.3 Å². The van der Waals surface area contributed by atoms with Crippen LogP contribution in [0.2, 0.25) is 0 Å². The quantitative estimate of drug-likeness (QED) is 0.892. The van der Waals surface area contributed by atoms with Crippen LogP contribution in [0.1, 0.15) is 32.3 Å². The lowest BCUT2D eigenvalue weighted by Crippen LogP contribution is -2.45. The lowest BCUT2D eigenvalue weighted by atomic mass is 10.1. The number of nitrogens with two attached hydrogens (primary N) is 1. The number of hydrogen-bond acceptors (Lipinski definition) is 4. The van der Waals surface area contributed by atoms with Gasteiger partial charge < -0.3 is 20.5 Å². The second-order valence-corrected chi connectivity index (χ2v) is 6.09. The van der Waals surface area contributed by atoms with E-state index in [9.17, 15) is 4.79 Å². The zero-order chi connectivity index (χ0) is 15.5. The zero-order valence-corrected chi connectivity index (χ0v) is 12.9. The van der Waals surface area contributed by atoms with E-state index >= 15 is 0 Å². The molecule has 21 heavy (non-hydrogen) atoms. The summed E-state index contributed by atoms with van der Waals surface area (Å²) in [5.41, 5.74) is 6.60. The van der Waals surface area contributed by atoms with Crippen molar-refractivity contribution in [1.82, 2.24) is 0 Å². The van der Waals surface area contributed by atoms with E-state index in [0.29, 0.717) is 0 Å². The molecule has 0 aromatic heterocycles. The number of nitrogens with one attached hydrogen (secondary N) is 1. The molecule has 0 bridgehead atoms. The van der Waals surface area contributed by atoms with Crippen LogP contribution in [0.25, 0.3) is 0 Å². The molecule has 1 fully saturated rings. The molecule has 1 aliphatic rings. The van der Waals surface area contributed by atoms with E-state index in [4.69, 9.17) is 15.2 Å². The van der Waals surface area contributed by atoms with Crippen molar-refractivity contribution in [3.05, 3.63) is 23.8 Å². The van der Waals surface area contributed by atoms with Crippen LogP contribution in [0.3, 0.4) is 0 Å². The summed E-state index contributed by atoms with van der Waals surface area (Å²) in [5, 5.41) is 2.81. The molecule has 1 aromatic rings. The number of hydrogen-bond donors (Lipinski definition) is 2. The Morgan fingerprint density at radius 1 is 1.38 bits per heavy atom. The Hall–Kier alpha value is -1.59. The SMILES string of the molecule is Cc1cc(NC(=O)C(C)(C)N)ccc1OC1CCOCC1. The molecule has 1 amide bonds. The molecule has 2 rings (SSSR count). The van der Waals surface area contributed by atoms with Crippen molar-refractivity contribution < 1.29 is 14.3 Å². The van der Waals surface area contributed by atoms with E-state index < -0.39 is 5.54 Å². The molecular weight excluding hydrogens is 268 g/mol. The number of aryl methyl sites for hydroxylation is 1. The molecule has 0 saturated carbocycles. The molecule has 1 heterocycles. The van der Waals surface area contributed by atoms with Crippen LogP contribution in [-0.4, -0.2) is 30.8 Å². The molecule has 1 aliphatic heterocycles. The smallest absolute Gasteiger partial charge is 0.243 e. The Bertz CT molecular complexity index is 503. The minimum absolute atomic E-state index is 0.208. The summed E-state index contributed by atoms with van der Waals surface area (Å²) in [5.74, 6) is 0.645. The lowest BCUT2D eigenvalue weighted by molar-refractivity contribution is -0.120. The van der Waals surface area contributed by atoms with Gasteiger partial charge in [0.05, 0.1) is 18.8 Å². The Kier molecular flexibility index (Phi) is 4.85. The number of benzene rings is 1. The first-order valence-electron chi connectivity index (χ1n) is 7.31. The van der Waals surface area contributed by atoms with Crippen LogP contribution in [0.5, 0.6) is 5.75 Å². The van der Waals surface area contributed by atoms with Gasteiger partial charge in [0.15, 0.2) is 0 Å². The predicted octanol–water partition coefficient (Wildman–Crippen LogP) is 2.23. The van der Waals surface area contributed by atoms with Crippen LogP contribution in [0, 0.1) is 6.92 Å². The summed E-state index contributed by atoms with van der Waals surface area (Å²) in [6.45, 7) is 6.83. The number of rotatable bonds is 4. The zero-order valence-electron chi connectivity index (χ0n) is 12.9. The van der Waals surface area contributed by atoms with E-state index in [1.165, 1.54) is 0 Å². The van der Waals surface area contributed by atoms with Gasteiger partial charge in [-0.3, -0.25) is 4.79 Å². The predicted molar refractivity (Wildman–Crippen MR) is 82.5 cm³/mol. The minimum Gasteiger partial charge on any atom is -0.490 e. The molecule has 3 N–H and O–H groups in total. The highest BCUT2D eigenvalue weighted by Crippen LogP contribution is 2.25. The lowest BCUT2D eigenvalue weighted by Gasteiger charge is -2.24. The van der Waals surface area contributed by atoms with Crippen LogP contribution >= 0.6 is 0 Å². The third-order valence-corrected chi connectivity index (χ3v) is 3.48. The number of amides is 1. The molecule has 5 nitrogen and oxygen atoms in total. The molecular formula is C16H24N2O3. The normalized spacial score (nSPS) is 16.6. The van der Waals surface area contributed by atoms with E-state index in [1.54, 1.807) is 13.8 Å². The van der Waals surface area contributed by atoms with Gasteiger partial charge >= 0.3 is 0 Å². The van der Waals surface area contributed by atoms with Gasteiger partial charge in [-0.2, -0.15) is 0 Å². The summed E-state index contributed by atoms with van der Waals surface area (Å²) in [4.78, 5) is 11.9. The summed E-state index contributed by atoms with van der Waals surface area (Å²) in [7, 11) is 0. The van der Waals surface area contributed by atoms with Crippen LogP contribution in [-0.2, 0) is 9.53 Å². The van der Waals surface area contributed by atoms with E-state index in [0.717, 1.165) is 43.1 Å². The van der Waals surface area contributed by atoms with Gasteiger partial charge in [-0.25, -0.2) is 0 Å². The summed E-state index contributed by atoms with van der Waals surface area (Å²) >= 11 is 0. The standard InChI is InChI=1S/C16H24N2O3/c1-11-10-12(18-15(19)16(2,3)17)4-5-14(11)21-13-6-8-20-9-7-13/h4-5,10,13H,6-9,17H2,1-3H3,(H,18,19). The minimum atomic E-state index is -0.898. The maximum absolute atomic E-state index is 11.9. The fourth-order valence-electron chi connectivity index (χ4n) is 2.12. The highest BCUT2D eigenvalue weighted by Gasteiger charge is 2.22. The van der Waals surface area contributed by atoms with E-state index in [1.807, 2.05) is 25.1 Å². The number of carbonyl (C=O) groups excluding carboxylic acids is 1. The summed E-state index contributed by atoms with van der Waals surface area (Å²) in [6.07, 6.45) is 2.04. The van der Waals surface area contributed by atoms with Gasteiger partial charge in [-0.1, -0.05) is 0 Å². The average molecular weight is 292 g/mol. The van der Waals surface area contributed by atoms with Gasteiger partial charge in [0.2, 0.25) is 5.91 Å². The molecule has 5 heteroatoms. The molecule has 0 radical (unpaired) electrons. The highest BCUT2D eigenvalue weighted by molar-refractivity contribution is 5.97. The van der Waals surface area contributed by atoms with Crippen molar-refractivity contribution >= 4 is 11.6 Å². The topological polar surface area (TPSA) is 73.6 Å². The molecule has 116 valence electrons. The largest absolute Gasteiger partial charge is 0.490 e. The Labute approximate surface area is 125 Å². The van der Waals surface area contributed by atoms with Crippen LogP contribution in [0.15, 0.2) is 18.2 Å². The van der Waals surface area contributed by atoms with Gasteiger partial charge in [-0.15, -0.1) is 0 Å². The highest BCUT2D eigenvalue weighted by atomic mass is 16.5. The first-order chi connectivity index (χ1) is 9.86. The molecule has 0 spiro atoms. The summed E-state index contributed by atoms with van der Waals surface area (Å²) in [6, 6.07) is 5.63. The van der Waals surface area contributed by atoms with Crippen LogP contribution in [0.4, 0.5) is 5.69 Å². The van der Waals surface area contributed by atoms with E-state index in [2.05, 4.69) is 5.32 Å². The number of carbonyl (C=O) groups is 1. The van der Waals surface area contributed by atoms with Gasteiger partial charge in [0.25, 0.3) is 0 Å². The fourth-order valence-corrected chi connectivity index (χ4v) is 2.12. The maximum Gasteiger partial charge on any atom is 0.243 e. The van der Waals surface area contributed by atoms with Crippen molar-refractivity contribution in [3.8, 4) is 5.75 Å². The van der Waals surface area contributed by atoms with Crippen molar-refractivity contribution in [3.63, 3.8) is 0 Å². The molecule has 0 atom stereocenters. The second kappa shape index (κ2) is 6.45. The van der Waals surface area contributed by atoms with Crippen molar-refractivity contribution in [2.75, 3.05) is 18.5 Å². The Morgan fingerprint density at radius 2 is 2.05 bits per heavy atom. The van der Waals surface area contributed by atoms with Gasteiger partial charge in [0.1, 0.15) is 11.9 Å². The van der Waals surface area contributed by atoms with Gasteiger partial charge in [0, 0.05) is 18.5 Å². The molecule has 0 unspecified atom stereocenters. The van der Waals surface area contributed by atoms with E-state index in [-0.39, 0.29) is 12.0 Å². The van der Waals surface area contributed by atoms with Crippen molar-refractivity contribution in [2.24, 2.45) is 5.73 Å². The van der Waals surface area contributed by atoms with Gasteiger partial charge in [-0.05, 0) is 44.5 Å². The summed E-state index contributed by atoms with van der Waals surface area (Å²) < 4.78 is 11.3. The Balaban J connectivity index is 2.01. The number of anilines is 1. The first kappa shape index (κ1) is 15.8. The Morgan fingerprint density at radius 3 is 2.62 bits per heavy atom. The van der Waals surface area contributed by atoms with Crippen LogP contribution < -0.4 is 15.8 Å². The average Bonchev–Trinajstić information content (AvgIpc) is 2.42. The third kappa shape index (κ3) is 4.44. The maximum atomic E-state index is 11.9. The van der Waals surface area contributed by atoms with Crippen molar-refractivity contribution in [1.29, 1.82) is 0 Å². The monoisotopic (exact) mass is 292 g/mol. The first-order valence-corrected chi connectivity index (χ1v) is 7.31.